The summed E-state index contributed by atoms with van der Waals surface area (Å²) in [5, 5.41) is 0. The third-order valence-corrected chi connectivity index (χ3v) is 2.67. The summed E-state index contributed by atoms with van der Waals surface area (Å²) in [5.74, 6) is 0. The van der Waals surface area contributed by atoms with Gasteiger partial charge in [-0.1, -0.05) is 48.6 Å². The molecule has 1 spiro atoms. The van der Waals surface area contributed by atoms with Crippen molar-refractivity contribution in [1.82, 2.24) is 0 Å². The molecular formula is C11H8. The van der Waals surface area contributed by atoms with E-state index in [-0.39, 0.29) is 5.41 Å². The molecule has 0 radical (unpaired) electrons. The average Bonchev–Trinajstić information content (AvgIpc) is 2.26. The quantitative estimate of drug-likeness (QED) is 0.485. The highest BCUT2D eigenvalue weighted by molar-refractivity contribution is 5.65. The van der Waals surface area contributed by atoms with Crippen molar-refractivity contribution in [2.24, 2.45) is 5.41 Å². The minimum Gasteiger partial charge on any atom is -0.0658 e. The SMILES string of the molecule is C1=CC2=CC=C3C=CC23C=C1. The second-order valence-corrected chi connectivity index (χ2v) is 3.16. The first-order valence-electron chi connectivity index (χ1n) is 3.90. The largest absolute Gasteiger partial charge is 0.0658 e. The lowest BCUT2D eigenvalue weighted by Gasteiger charge is -2.35. The van der Waals surface area contributed by atoms with E-state index in [9.17, 15) is 0 Å². The average molecular weight is 140 g/mol. The van der Waals surface area contributed by atoms with Crippen LogP contribution in [0.2, 0.25) is 0 Å². The molecule has 0 saturated carbocycles. The molecule has 0 saturated heterocycles. The maximum atomic E-state index is 2.26. The molecular weight excluding hydrogens is 132 g/mol. The molecule has 3 aliphatic carbocycles. The minimum atomic E-state index is 0.203. The van der Waals surface area contributed by atoms with Gasteiger partial charge in [-0.15, -0.1) is 0 Å². The summed E-state index contributed by atoms with van der Waals surface area (Å²) in [4.78, 5) is 0. The van der Waals surface area contributed by atoms with Crippen molar-refractivity contribution in [3.63, 3.8) is 0 Å². The third-order valence-electron chi connectivity index (χ3n) is 2.67. The van der Waals surface area contributed by atoms with Crippen LogP contribution in [-0.2, 0) is 0 Å². The normalized spacial score (nSPS) is 35.6. The Bertz CT molecular complexity index is 361. The fourth-order valence-electron chi connectivity index (χ4n) is 1.94. The highest BCUT2D eigenvalue weighted by Crippen LogP contribution is 2.51. The standard InChI is InChI=1S/C11H8/c1-2-7-11-8-6-10(11)5-4-9(11)3-1/h1-8H. The Balaban J connectivity index is 2.28. The van der Waals surface area contributed by atoms with Crippen molar-refractivity contribution in [2.45, 2.75) is 0 Å². The first-order chi connectivity index (χ1) is 5.42. The van der Waals surface area contributed by atoms with Gasteiger partial charge in [0.15, 0.2) is 0 Å². The zero-order valence-electron chi connectivity index (χ0n) is 6.12. The van der Waals surface area contributed by atoms with Crippen molar-refractivity contribution < 1.29 is 0 Å². The van der Waals surface area contributed by atoms with E-state index in [2.05, 4.69) is 48.6 Å². The highest BCUT2D eigenvalue weighted by atomic mass is 14.4. The van der Waals surface area contributed by atoms with Gasteiger partial charge >= 0.3 is 0 Å². The number of hydrogen-bond acceptors (Lipinski definition) is 0. The highest BCUT2D eigenvalue weighted by Gasteiger charge is 2.39. The molecule has 0 aromatic heterocycles. The topological polar surface area (TPSA) is 0 Å². The minimum absolute atomic E-state index is 0.203. The van der Waals surface area contributed by atoms with E-state index in [1.165, 1.54) is 11.1 Å². The lowest BCUT2D eigenvalue weighted by atomic mass is 9.68. The van der Waals surface area contributed by atoms with E-state index in [0.717, 1.165) is 0 Å². The van der Waals surface area contributed by atoms with E-state index < -0.39 is 0 Å². The van der Waals surface area contributed by atoms with E-state index in [0.29, 0.717) is 0 Å². The monoisotopic (exact) mass is 140 g/mol. The van der Waals surface area contributed by atoms with Gasteiger partial charge in [0.2, 0.25) is 0 Å². The second kappa shape index (κ2) is 1.48. The molecule has 0 bridgehead atoms. The van der Waals surface area contributed by atoms with Crippen molar-refractivity contribution in [1.29, 1.82) is 0 Å². The number of hydrogen-bond donors (Lipinski definition) is 0. The van der Waals surface area contributed by atoms with Gasteiger partial charge < -0.3 is 0 Å². The van der Waals surface area contributed by atoms with Crippen LogP contribution in [-0.4, -0.2) is 0 Å². The Hall–Kier alpha value is -1.30. The molecule has 3 aliphatic rings. The summed E-state index contributed by atoms with van der Waals surface area (Å²) in [5.41, 5.74) is 3.06. The smallest absolute Gasteiger partial charge is 0.0568 e. The van der Waals surface area contributed by atoms with Gasteiger partial charge in [-0.2, -0.15) is 0 Å². The molecule has 0 aromatic carbocycles. The fourth-order valence-corrected chi connectivity index (χ4v) is 1.94. The lowest BCUT2D eigenvalue weighted by molar-refractivity contribution is 0.704. The Morgan fingerprint density at radius 3 is 2.27 bits per heavy atom. The molecule has 0 heteroatoms. The number of rotatable bonds is 0. The molecule has 0 N–H and O–H groups in total. The van der Waals surface area contributed by atoms with Gasteiger partial charge in [-0.05, 0) is 11.1 Å². The zero-order chi connectivity index (χ0) is 7.31. The summed E-state index contributed by atoms with van der Waals surface area (Å²) in [6.45, 7) is 0. The van der Waals surface area contributed by atoms with E-state index in [4.69, 9.17) is 0 Å². The second-order valence-electron chi connectivity index (χ2n) is 3.16. The van der Waals surface area contributed by atoms with E-state index in [1.807, 2.05) is 0 Å². The molecule has 1 unspecified atom stereocenters. The van der Waals surface area contributed by atoms with Gasteiger partial charge in [0.25, 0.3) is 0 Å². The lowest BCUT2D eigenvalue weighted by Crippen LogP contribution is -2.24. The van der Waals surface area contributed by atoms with Crippen LogP contribution in [0.4, 0.5) is 0 Å². The van der Waals surface area contributed by atoms with E-state index in [1.54, 1.807) is 0 Å². The third kappa shape index (κ3) is 0.443. The van der Waals surface area contributed by atoms with Gasteiger partial charge in [-0.3, -0.25) is 0 Å². The van der Waals surface area contributed by atoms with Crippen LogP contribution in [0.3, 0.4) is 0 Å². The van der Waals surface area contributed by atoms with Gasteiger partial charge in [-0.25, -0.2) is 0 Å². The summed E-state index contributed by atoms with van der Waals surface area (Å²) in [6.07, 6.45) is 17.5. The molecule has 52 valence electrons. The van der Waals surface area contributed by atoms with Crippen LogP contribution >= 0.6 is 0 Å². The molecule has 0 amide bonds. The van der Waals surface area contributed by atoms with Gasteiger partial charge in [0.05, 0.1) is 5.41 Å². The van der Waals surface area contributed by atoms with Crippen molar-refractivity contribution in [2.75, 3.05) is 0 Å². The van der Waals surface area contributed by atoms with Crippen LogP contribution in [0, 0.1) is 5.41 Å². The Kier molecular flexibility index (Phi) is 0.719. The predicted molar refractivity (Wildman–Crippen MR) is 46.0 cm³/mol. The van der Waals surface area contributed by atoms with Gasteiger partial charge in [0, 0.05) is 0 Å². The van der Waals surface area contributed by atoms with Crippen LogP contribution in [0.5, 0.6) is 0 Å². The number of allylic oxidation sites excluding steroid dienone is 10. The zero-order valence-corrected chi connectivity index (χ0v) is 6.12. The molecule has 0 nitrogen and oxygen atoms in total. The summed E-state index contributed by atoms with van der Waals surface area (Å²) in [6, 6.07) is 0. The maximum absolute atomic E-state index is 2.26. The summed E-state index contributed by atoms with van der Waals surface area (Å²) in [7, 11) is 0. The molecule has 1 atom stereocenters. The van der Waals surface area contributed by atoms with Crippen molar-refractivity contribution in [3.8, 4) is 0 Å². The summed E-state index contributed by atoms with van der Waals surface area (Å²) < 4.78 is 0. The van der Waals surface area contributed by atoms with Crippen LogP contribution in [0.15, 0.2) is 59.8 Å². The molecule has 3 rings (SSSR count). The Morgan fingerprint density at radius 1 is 0.818 bits per heavy atom. The molecule has 0 aliphatic heterocycles. The van der Waals surface area contributed by atoms with Crippen LogP contribution in [0.1, 0.15) is 0 Å². The molecule has 0 fully saturated rings. The van der Waals surface area contributed by atoms with Crippen LogP contribution < -0.4 is 0 Å². The Morgan fingerprint density at radius 2 is 1.64 bits per heavy atom. The molecule has 11 heavy (non-hydrogen) atoms. The Labute approximate surface area is 65.9 Å². The maximum Gasteiger partial charge on any atom is 0.0568 e. The van der Waals surface area contributed by atoms with E-state index >= 15 is 0 Å². The first kappa shape index (κ1) is 5.36. The molecule has 0 heterocycles. The molecule has 0 aromatic rings. The summed E-state index contributed by atoms with van der Waals surface area (Å²) >= 11 is 0. The van der Waals surface area contributed by atoms with Crippen LogP contribution in [0.25, 0.3) is 0 Å². The predicted octanol–water partition coefficient (Wildman–Crippen LogP) is 2.54. The van der Waals surface area contributed by atoms with Crippen molar-refractivity contribution >= 4 is 0 Å². The fraction of sp³-hybridized carbons (Fsp3) is 0.0909. The van der Waals surface area contributed by atoms with Crippen molar-refractivity contribution in [3.05, 3.63) is 59.8 Å². The van der Waals surface area contributed by atoms with Gasteiger partial charge in [0.1, 0.15) is 0 Å². The first-order valence-corrected chi connectivity index (χ1v) is 3.90.